The molecule has 0 bridgehead atoms. The molecule has 1 aliphatic rings. The largest absolute Gasteiger partial charge is 0.480 e. The molecule has 2 unspecified atom stereocenters. The lowest BCUT2D eigenvalue weighted by Crippen LogP contribution is -2.45. The molecule has 0 saturated carbocycles. The highest BCUT2D eigenvalue weighted by Crippen LogP contribution is 2.41. The first-order valence-corrected chi connectivity index (χ1v) is 10.6. The van der Waals surface area contributed by atoms with Crippen LogP contribution in [0.5, 0.6) is 0 Å². The molecule has 0 spiro atoms. The van der Waals surface area contributed by atoms with Gasteiger partial charge in [0.25, 0.3) is 10.0 Å². The van der Waals surface area contributed by atoms with Crippen LogP contribution in [0.3, 0.4) is 0 Å². The molecule has 2 heterocycles. The van der Waals surface area contributed by atoms with Gasteiger partial charge in [0.15, 0.2) is 0 Å². The molecule has 1 aliphatic heterocycles. The van der Waals surface area contributed by atoms with Gasteiger partial charge in [0, 0.05) is 5.75 Å². The molecule has 21 heavy (non-hydrogen) atoms. The standard InChI is InChI=1S/C11H13BrClNO4S3/c1-2-3-8-14(7(5-19-8)11(15)16)21(17,18)9-4-6(13)10(12)20-9/h4,7-8H,2-3,5H2,1H3,(H,15,16). The smallest absolute Gasteiger partial charge is 0.322 e. The van der Waals surface area contributed by atoms with Gasteiger partial charge in [0.1, 0.15) is 10.3 Å². The summed E-state index contributed by atoms with van der Waals surface area (Å²) in [6, 6.07) is 0.326. The predicted octanol–water partition coefficient (Wildman–Crippen LogP) is 3.48. The molecule has 0 aromatic carbocycles. The van der Waals surface area contributed by atoms with E-state index in [-0.39, 0.29) is 15.3 Å². The van der Waals surface area contributed by atoms with E-state index in [0.29, 0.717) is 15.2 Å². The first kappa shape index (κ1) is 17.6. The van der Waals surface area contributed by atoms with Gasteiger partial charge in [0.2, 0.25) is 0 Å². The normalized spacial score (nSPS) is 23.6. The van der Waals surface area contributed by atoms with Crippen molar-refractivity contribution in [1.82, 2.24) is 4.31 Å². The van der Waals surface area contributed by atoms with Gasteiger partial charge in [-0.3, -0.25) is 4.79 Å². The quantitative estimate of drug-likeness (QED) is 0.768. The molecule has 118 valence electrons. The summed E-state index contributed by atoms with van der Waals surface area (Å²) in [4.78, 5) is 11.4. The van der Waals surface area contributed by atoms with E-state index in [2.05, 4.69) is 15.9 Å². The highest BCUT2D eigenvalue weighted by atomic mass is 79.9. The third kappa shape index (κ3) is 3.42. The number of thiophene rings is 1. The monoisotopic (exact) mass is 433 g/mol. The van der Waals surface area contributed by atoms with E-state index in [9.17, 15) is 18.3 Å². The van der Waals surface area contributed by atoms with E-state index in [0.717, 1.165) is 22.1 Å². The predicted molar refractivity (Wildman–Crippen MR) is 88.6 cm³/mol. The maximum Gasteiger partial charge on any atom is 0.322 e. The Bertz CT molecular complexity index is 628. The number of halogens is 2. The molecule has 0 radical (unpaired) electrons. The summed E-state index contributed by atoms with van der Waals surface area (Å²) in [5, 5.41) is 9.25. The number of hydrogen-bond donors (Lipinski definition) is 1. The zero-order chi connectivity index (χ0) is 15.8. The van der Waals surface area contributed by atoms with Gasteiger partial charge in [-0.25, -0.2) is 8.42 Å². The molecule has 1 saturated heterocycles. The van der Waals surface area contributed by atoms with Crippen LogP contribution >= 0.6 is 50.6 Å². The topological polar surface area (TPSA) is 74.7 Å². The SMILES string of the molecule is CCCC1SCC(C(=O)O)N1S(=O)(=O)c1cc(Cl)c(Br)s1. The lowest BCUT2D eigenvalue weighted by atomic mass is 10.3. The summed E-state index contributed by atoms with van der Waals surface area (Å²) in [6.45, 7) is 1.94. The third-order valence-corrected chi connectivity index (χ3v) is 9.34. The van der Waals surface area contributed by atoms with E-state index in [1.54, 1.807) is 0 Å². The summed E-state index contributed by atoms with van der Waals surface area (Å²) in [7, 11) is -3.87. The minimum Gasteiger partial charge on any atom is -0.480 e. The summed E-state index contributed by atoms with van der Waals surface area (Å²) in [5.74, 6) is -0.856. The fourth-order valence-electron chi connectivity index (χ4n) is 2.07. The Hall–Kier alpha value is 0.200. The van der Waals surface area contributed by atoms with E-state index in [1.807, 2.05) is 6.92 Å². The van der Waals surface area contributed by atoms with Crippen LogP contribution < -0.4 is 0 Å². The first-order valence-electron chi connectivity index (χ1n) is 6.11. The Kier molecular flexibility index (Phi) is 5.65. The average Bonchev–Trinajstić information content (AvgIpc) is 2.95. The second-order valence-corrected chi connectivity index (χ2v) is 10.5. The molecular weight excluding hydrogens is 422 g/mol. The van der Waals surface area contributed by atoms with Crippen LogP contribution in [0, 0.1) is 0 Å². The molecule has 1 N–H and O–H groups in total. The number of carbonyl (C=O) groups is 1. The summed E-state index contributed by atoms with van der Waals surface area (Å²) >= 11 is 11.5. The van der Waals surface area contributed by atoms with Gasteiger partial charge < -0.3 is 5.11 Å². The highest BCUT2D eigenvalue weighted by Gasteiger charge is 2.46. The van der Waals surface area contributed by atoms with Crippen molar-refractivity contribution < 1.29 is 18.3 Å². The molecule has 2 rings (SSSR count). The number of thioether (sulfide) groups is 1. The van der Waals surface area contributed by atoms with Crippen LogP contribution in [0.25, 0.3) is 0 Å². The zero-order valence-electron chi connectivity index (χ0n) is 11.0. The lowest BCUT2D eigenvalue weighted by Gasteiger charge is -2.25. The van der Waals surface area contributed by atoms with Gasteiger partial charge in [-0.05, 0) is 28.4 Å². The van der Waals surface area contributed by atoms with E-state index in [1.165, 1.54) is 17.8 Å². The molecule has 0 aliphatic carbocycles. The van der Waals surface area contributed by atoms with Crippen molar-refractivity contribution in [1.29, 1.82) is 0 Å². The Morgan fingerprint density at radius 2 is 2.29 bits per heavy atom. The molecule has 5 nitrogen and oxygen atoms in total. The van der Waals surface area contributed by atoms with Crippen molar-refractivity contribution in [3.8, 4) is 0 Å². The number of carboxylic acids is 1. The van der Waals surface area contributed by atoms with Crippen LogP contribution in [-0.4, -0.2) is 41.0 Å². The number of sulfonamides is 1. The van der Waals surface area contributed by atoms with Crippen molar-refractivity contribution in [3.63, 3.8) is 0 Å². The van der Waals surface area contributed by atoms with Crippen molar-refractivity contribution in [2.75, 3.05) is 5.75 Å². The average molecular weight is 435 g/mol. The van der Waals surface area contributed by atoms with Gasteiger partial charge in [0.05, 0.1) is 14.2 Å². The van der Waals surface area contributed by atoms with Crippen LogP contribution in [0.4, 0.5) is 0 Å². The second-order valence-electron chi connectivity index (χ2n) is 4.45. The second kappa shape index (κ2) is 6.76. The lowest BCUT2D eigenvalue weighted by molar-refractivity contribution is -0.140. The van der Waals surface area contributed by atoms with Gasteiger partial charge in [-0.15, -0.1) is 23.1 Å². The van der Waals surface area contributed by atoms with Crippen LogP contribution in [0.2, 0.25) is 5.02 Å². The summed E-state index contributed by atoms with van der Waals surface area (Å²) in [6.07, 6.45) is 1.40. The molecule has 1 aromatic heterocycles. The number of carboxylic acid groups (broad SMARTS) is 1. The van der Waals surface area contributed by atoms with Crippen LogP contribution in [0.1, 0.15) is 19.8 Å². The van der Waals surface area contributed by atoms with E-state index >= 15 is 0 Å². The minimum absolute atomic E-state index is 0.0641. The van der Waals surface area contributed by atoms with E-state index in [4.69, 9.17) is 11.6 Å². The fourth-order valence-corrected chi connectivity index (χ4v) is 8.23. The molecule has 10 heteroatoms. The van der Waals surface area contributed by atoms with Gasteiger partial charge >= 0.3 is 5.97 Å². The Morgan fingerprint density at radius 3 is 2.76 bits per heavy atom. The fraction of sp³-hybridized carbons (Fsp3) is 0.545. The van der Waals surface area contributed by atoms with Crippen molar-refractivity contribution >= 4 is 66.6 Å². The zero-order valence-corrected chi connectivity index (χ0v) is 15.7. The molecule has 2 atom stereocenters. The van der Waals surface area contributed by atoms with Crippen molar-refractivity contribution in [2.24, 2.45) is 0 Å². The van der Waals surface area contributed by atoms with Gasteiger partial charge in [-0.1, -0.05) is 24.9 Å². The summed E-state index contributed by atoms with van der Waals surface area (Å²) < 4.78 is 27.3. The van der Waals surface area contributed by atoms with Gasteiger partial charge in [-0.2, -0.15) is 4.31 Å². The Morgan fingerprint density at radius 1 is 1.62 bits per heavy atom. The molecule has 1 aromatic rings. The van der Waals surface area contributed by atoms with E-state index < -0.39 is 22.0 Å². The molecule has 1 fully saturated rings. The number of nitrogens with zero attached hydrogens (tertiary/aromatic N) is 1. The summed E-state index contributed by atoms with van der Waals surface area (Å²) in [5.41, 5.74) is 0. The molecular formula is C11H13BrClNO4S3. The highest BCUT2D eigenvalue weighted by molar-refractivity contribution is 9.11. The minimum atomic E-state index is -3.87. The van der Waals surface area contributed by atoms with Crippen molar-refractivity contribution in [3.05, 3.63) is 14.9 Å². The first-order chi connectivity index (χ1) is 9.78. The Labute approximate surface area is 144 Å². The van der Waals surface area contributed by atoms with Crippen molar-refractivity contribution in [2.45, 2.75) is 35.4 Å². The Balaban J connectivity index is 2.44. The maximum absolute atomic E-state index is 12.8. The molecule has 0 amide bonds. The maximum atomic E-state index is 12.8. The number of hydrogen-bond acceptors (Lipinski definition) is 5. The number of rotatable bonds is 5. The van der Waals surface area contributed by atoms with Crippen LogP contribution in [0.15, 0.2) is 14.1 Å². The van der Waals surface area contributed by atoms with Crippen LogP contribution in [-0.2, 0) is 14.8 Å². The third-order valence-electron chi connectivity index (χ3n) is 3.01. The number of aliphatic carboxylic acids is 1.